The Labute approximate surface area is 258 Å². The molecule has 39 heavy (non-hydrogen) atoms. The first-order valence-corrected chi connectivity index (χ1v) is 13.3. The van der Waals surface area contributed by atoms with Crippen molar-refractivity contribution in [2.45, 2.75) is 19.6 Å². The molecule has 202 valence electrons. The van der Waals surface area contributed by atoms with E-state index in [0.717, 1.165) is 25.3 Å². The molecule has 0 aliphatic carbocycles. The van der Waals surface area contributed by atoms with Crippen LogP contribution in [0.4, 0.5) is 0 Å². The molecule has 0 saturated heterocycles. The number of pyridine rings is 1. The molecule has 0 saturated carbocycles. The van der Waals surface area contributed by atoms with Crippen molar-refractivity contribution in [2.75, 3.05) is 0 Å². The van der Waals surface area contributed by atoms with Crippen molar-refractivity contribution >= 4 is 23.8 Å². The minimum atomic E-state index is -0.666. The van der Waals surface area contributed by atoms with Crippen molar-refractivity contribution in [1.82, 2.24) is 9.88 Å². The Bertz CT molecular complexity index is 1250. The first-order valence-electron chi connectivity index (χ1n) is 11.9. The Morgan fingerprint density at radius 3 is 1.79 bits per heavy atom. The summed E-state index contributed by atoms with van der Waals surface area (Å²) in [4.78, 5) is 7.08. The quantitative estimate of drug-likeness (QED) is 0.116. The maximum atomic E-state index is 4.61. The Balaban J connectivity index is 0.00000190. The van der Waals surface area contributed by atoms with Crippen LogP contribution in [-0.2, 0) is 39.1 Å². The molecular weight excluding hydrogens is 633 g/mol. The van der Waals surface area contributed by atoms with Crippen LogP contribution in [0.2, 0.25) is 0 Å². The molecular formula is C32H30Cl2N2OPRh. The zero-order valence-electron chi connectivity index (χ0n) is 21.3. The summed E-state index contributed by atoms with van der Waals surface area (Å²) in [5, 5.41) is 4.14. The summed E-state index contributed by atoms with van der Waals surface area (Å²) in [5.41, 5.74) is 3.63. The smallest absolute Gasteiger partial charge is 1.00 e. The Morgan fingerprint density at radius 1 is 0.615 bits per heavy atom. The second kappa shape index (κ2) is 18.0. The molecule has 1 aromatic heterocycles. The summed E-state index contributed by atoms with van der Waals surface area (Å²) in [6.07, 6.45) is 1.88. The van der Waals surface area contributed by atoms with Gasteiger partial charge >= 0.3 is 19.5 Å². The van der Waals surface area contributed by atoms with Crippen LogP contribution in [0.1, 0.15) is 16.8 Å². The fourth-order valence-electron chi connectivity index (χ4n) is 4.34. The number of hydrogen-bond donors (Lipinski definition) is 0. The van der Waals surface area contributed by atoms with E-state index in [2.05, 4.69) is 125 Å². The van der Waals surface area contributed by atoms with Crippen molar-refractivity contribution < 1.29 is 49.8 Å². The fraction of sp³-hybridized carbons (Fsp3) is 0.0938. The SMILES string of the molecule is O.[Cl-].[Cl-].[Rh+3].[c-]1ccccc1CN(Cc1ccccn1)Cc1ccccc1P(c1ccccc1)c1ccccc1. The van der Waals surface area contributed by atoms with Gasteiger partial charge in [-0.1, -0.05) is 91.0 Å². The number of halogens is 2. The van der Waals surface area contributed by atoms with E-state index in [1.54, 1.807) is 0 Å². The summed E-state index contributed by atoms with van der Waals surface area (Å²) >= 11 is 0. The van der Waals surface area contributed by atoms with Crippen molar-refractivity contribution in [3.63, 3.8) is 0 Å². The second-order valence-electron chi connectivity index (χ2n) is 8.49. The van der Waals surface area contributed by atoms with E-state index in [4.69, 9.17) is 0 Å². The topological polar surface area (TPSA) is 47.6 Å². The average molecular weight is 663 g/mol. The van der Waals surface area contributed by atoms with E-state index in [-0.39, 0.29) is 49.8 Å². The normalized spacial score (nSPS) is 10.0. The number of aromatic nitrogens is 1. The van der Waals surface area contributed by atoms with Crippen molar-refractivity contribution in [1.29, 1.82) is 0 Å². The zero-order valence-corrected chi connectivity index (χ0v) is 25.3. The largest absolute Gasteiger partial charge is 3.00 e. The van der Waals surface area contributed by atoms with Gasteiger partial charge in [-0.15, -0.1) is 5.56 Å². The molecule has 0 aliphatic rings. The van der Waals surface area contributed by atoms with Gasteiger partial charge < -0.3 is 30.3 Å². The van der Waals surface area contributed by atoms with Gasteiger partial charge in [-0.25, -0.2) is 0 Å². The number of benzene rings is 4. The van der Waals surface area contributed by atoms with Crippen molar-refractivity contribution in [3.8, 4) is 0 Å². The van der Waals surface area contributed by atoms with E-state index in [1.807, 2.05) is 24.4 Å². The first-order chi connectivity index (χ1) is 17.4. The van der Waals surface area contributed by atoms with Crippen LogP contribution in [0.25, 0.3) is 0 Å². The van der Waals surface area contributed by atoms with Crippen LogP contribution >= 0.6 is 7.92 Å². The van der Waals surface area contributed by atoms with Crippen molar-refractivity contribution in [3.05, 3.63) is 156 Å². The molecule has 0 unspecified atom stereocenters. The van der Waals surface area contributed by atoms with Gasteiger partial charge in [0.25, 0.3) is 0 Å². The van der Waals surface area contributed by atoms with Crippen LogP contribution in [0.5, 0.6) is 0 Å². The van der Waals surface area contributed by atoms with Gasteiger partial charge in [0.15, 0.2) is 0 Å². The average Bonchev–Trinajstić information content (AvgIpc) is 2.92. The zero-order chi connectivity index (χ0) is 23.7. The molecule has 0 fully saturated rings. The Morgan fingerprint density at radius 2 is 1.21 bits per heavy atom. The van der Waals surface area contributed by atoms with Gasteiger partial charge in [-0.05, 0) is 41.5 Å². The summed E-state index contributed by atoms with van der Waals surface area (Å²) in [6, 6.07) is 48.6. The molecule has 3 nitrogen and oxygen atoms in total. The molecule has 4 aromatic carbocycles. The predicted molar refractivity (Wildman–Crippen MR) is 151 cm³/mol. The van der Waals surface area contributed by atoms with Crippen LogP contribution in [0.15, 0.2) is 134 Å². The van der Waals surface area contributed by atoms with Crippen LogP contribution in [-0.4, -0.2) is 15.4 Å². The minimum Gasteiger partial charge on any atom is -1.00 e. The van der Waals surface area contributed by atoms with Gasteiger partial charge in [0.2, 0.25) is 0 Å². The van der Waals surface area contributed by atoms with Gasteiger partial charge in [0, 0.05) is 25.8 Å². The molecule has 0 aliphatic heterocycles. The van der Waals surface area contributed by atoms with E-state index < -0.39 is 7.92 Å². The predicted octanol–water partition coefficient (Wildman–Crippen LogP) is -0.977. The third kappa shape index (κ3) is 9.62. The summed E-state index contributed by atoms with van der Waals surface area (Å²) in [5.74, 6) is 0. The molecule has 0 spiro atoms. The van der Waals surface area contributed by atoms with Crippen LogP contribution in [0.3, 0.4) is 0 Å². The molecule has 1 heterocycles. The summed E-state index contributed by atoms with van der Waals surface area (Å²) in [6.45, 7) is 2.45. The summed E-state index contributed by atoms with van der Waals surface area (Å²) in [7, 11) is -0.666. The number of nitrogens with zero attached hydrogens (tertiary/aromatic N) is 2. The minimum absolute atomic E-state index is 0. The van der Waals surface area contributed by atoms with Gasteiger partial charge in [0.1, 0.15) is 0 Å². The number of hydrogen-bond acceptors (Lipinski definition) is 2. The van der Waals surface area contributed by atoms with Crippen molar-refractivity contribution in [2.24, 2.45) is 0 Å². The van der Waals surface area contributed by atoms with Crippen LogP contribution < -0.4 is 40.7 Å². The maximum Gasteiger partial charge on any atom is 3.00 e. The van der Waals surface area contributed by atoms with Gasteiger partial charge in [-0.2, -0.15) is 30.3 Å². The first kappa shape index (κ1) is 34.6. The van der Waals surface area contributed by atoms with Gasteiger partial charge in [0.05, 0.1) is 5.69 Å². The molecule has 2 N–H and O–H groups in total. The van der Waals surface area contributed by atoms with Gasteiger partial charge in [-0.3, -0.25) is 9.88 Å². The summed E-state index contributed by atoms with van der Waals surface area (Å²) < 4.78 is 0. The maximum absolute atomic E-state index is 4.61. The monoisotopic (exact) mass is 662 g/mol. The number of rotatable bonds is 9. The third-order valence-corrected chi connectivity index (χ3v) is 8.48. The molecule has 0 amide bonds. The van der Waals surface area contributed by atoms with E-state index in [0.29, 0.717) is 0 Å². The van der Waals surface area contributed by atoms with E-state index in [9.17, 15) is 0 Å². The fourth-order valence-corrected chi connectivity index (χ4v) is 6.81. The standard InChI is InChI=1S/C32H28N2P.2ClH.H2O.Rh/c1-4-14-27(15-5-1)24-34(26-29-17-12-13-23-33-29)25-28-16-10-11-22-32(28)35(30-18-6-2-7-19-30)31-20-8-3-9-21-31;;;;/h1-14,16-23H,24-26H2;2*1H;1H2;/q-1;;;;+3/p-2. The van der Waals surface area contributed by atoms with Crippen LogP contribution in [0, 0.1) is 6.07 Å². The Kier molecular flexibility index (Phi) is 16.0. The molecule has 0 bridgehead atoms. The molecule has 5 aromatic rings. The second-order valence-corrected chi connectivity index (χ2v) is 10.7. The molecule has 0 radical (unpaired) electrons. The molecule has 5 rings (SSSR count). The molecule has 7 heteroatoms. The van der Waals surface area contributed by atoms with E-state index in [1.165, 1.54) is 27.0 Å². The molecule has 0 atom stereocenters. The third-order valence-electron chi connectivity index (χ3n) is 5.93. The van der Waals surface area contributed by atoms with E-state index >= 15 is 0 Å². The Hall–Kier alpha value is -2.42.